The van der Waals surface area contributed by atoms with Crippen LogP contribution >= 0.6 is 0 Å². The monoisotopic (exact) mass is 398 g/mol. The summed E-state index contributed by atoms with van der Waals surface area (Å²) in [5.41, 5.74) is 1.06. The molecule has 0 N–H and O–H groups in total. The number of carbonyl (C=O) groups is 1. The van der Waals surface area contributed by atoms with Gasteiger partial charge < -0.3 is 19.1 Å². The highest BCUT2D eigenvalue weighted by atomic mass is 16.5. The van der Waals surface area contributed by atoms with Crippen LogP contribution in [0.5, 0.6) is 5.75 Å². The summed E-state index contributed by atoms with van der Waals surface area (Å²) in [6, 6.07) is 7.86. The van der Waals surface area contributed by atoms with Crippen LogP contribution in [0.4, 0.5) is 0 Å². The Morgan fingerprint density at radius 2 is 2.07 bits per heavy atom. The van der Waals surface area contributed by atoms with Crippen molar-refractivity contribution in [3.8, 4) is 5.75 Å². The normalized spacial score (nSPS) is 21.5. The van der Waals surface area contributed by atoms with Crippen LogP contribution in [0.15, 0.2) is 28.8 Å². The van der Waals surface area contributed by atoms with Gasteiger partial charge >= 0.3 is 0 Å². The van der Waals surface area contributed by atoms with Gasteiger partial charge in [-0.15, -0.1) is 0 Å². The highest BCUT2D eigenvalue weighted by Crippen LogP contribution is 2.29. The van der Waals surface area contributed by atoms with Crippen LogP contribution in [0, 0.1) is 5.92 Å². The van der Waals surface area contributed by atoms with Crippen LogP contribution in [0.25, 0.3) is 0 Å². The summed E-state index contributed by atoms with van der Waals surface area (Å²) in [6.45, 7) is 3.47. The summed E-state index contributed by atoms with van der Waals surface area (Å²) in [5.74, 6) is 3.21. The number of likely N-dealkylation sites (tertiary alicyclic amines) is 2. The average molecular weight is 399 g/mol. The van der Waals surface area contributed by atoms with E-state index in [4.69, 9.17) is 14.2 Å². The molecule has 156 valence electrons. The Hall–Kier alpha value is -2.41. The SMILES string of the molecule is COc1cccc(CN2CC(c3nc(CC4CCN(C)CC4)no3)CCC2=O)c1. The van der Waals surface area contributed by atoms with E-state index >= 15 is 0 Å². The minimum Gasteiger partial charge on any atom is -0.497 e. The Kier molecular flexibility index (Phi) is 6.13. The van der Waals surface area contributed by atoms with Crippen LogP contribution in [0.3, 0.4) is 0 Å². The molecule has 2 aliphatic heterocycles. The Bertz CT molecular complexity index is 829. The van der Waals surface area contributed by atoms with E-state index in [0.29, 0.717) is 31.3 Å². The lowest BCUT2D eigenvalue weighted by molar-refractivity contribution is -0.134. The molecule has 0 saturated carbocycles. The molecule has 3 heterocycles. The molecule has 1 unspecified atom stereocenters. The van der Waals surface area contributed by atoms with E-state index in [2.05, 4.69) is 17.1 Å². The molecule has 1 atom stereocenters. The molecule has 2 aliphatic rings. The van der Waals surface area contributed by atoms with E-state index in [9.17, 15) is 4.79 Å². The molecule has 29 heavy (non-hydrogen) atoms. The van der Waals surface area contributed by atoms with Crippen molar-refractivity contribution < 1.29 is 14.1 Å². The average Bonchev–Trinajstić information content (AvgIpc) is 3.20. The minimum atomic E-state index is 0.108. The Balaban J connectivity index is 1.37. The van der Waals surface area contributed by atoms with Gasteiger partial charge in [-0.05, 0) is 63.0 Å². The van der Waals surface area contributed by atoms with E-state index in [-0.39, 0.29) is 11.8 Å². The molecule has 7 nitrogen and oxygen atoms in total. The molecule has 0 bridgehead atoms. The minimum absolute atomic E-state index is 0.108. The molecule has 1 aromatic carbocycles. The van der Waals surface area contributed by atoms with Gasteiger partial charge in [0.1, 0.15) is 5.75 Å². The van der Waals surface area contributed by atoms with Crippen LogP contribution in [0.2, 0.25) is 0 Å². The molecule has 4 rings (SSSR count). The summed E-state index contributed by atoms with van der Waals surface area (Å²) in [4.78, 5) is 21.4. The Labute approximate surface area is 172 Å². The predicted molar refractivity (Wildman–Crippen MR) is 109 cm³/mol. The smallest absolute Gasteiger partial charge is 0.231 e. The molecule has 1 amide bonds. The van der Waals surface area contributed by atoms with Crippen molar-refractivity contribution in [2.75, 3.05) is 33.8 Å². The van der Waals surface area contributed by atoms with Crippen LogP contribution in [-0.4, -0.2) is 59.6 Å². The lowest BCUT2D eigenvalue weighted by Gasteiger charge is -2.31. The number of amides is 1. The number of carbonyl (C=O) groups excluding carboxylic acids is 1. The van der Waals surface area contributed by atoms with E-state index in [0.717, 1.165) is 43.1 Å². The van der Waals surface area contributed by atoms with Crippen LogP contribution in [0.1, 0.15) is 48.9 Å². The molecular weight excluding hydrogens is 368 g/mol. The van der Waals surface area contributed by atoms with Gasteiger partial charge in [0.15, 0.2) is 5.82 Å². The van der Waals surface area contributed by atoms with Gasteiger partial charge in [0, 0.05) is 25.9 Å². The highest BCUT2D eigenvalue weighted by molar-refractivity contribution is 5.77. The number of hydrogen-bond acceptors (Lipinski definition) is 6. The molecule has 1 aromatic heterocycles. The van der Waals surface area contributed by atoms with E-state index in [1.54, 1.807) is 7.11 Å². The zero-order valence-electron chi connectivity index (χ0n) is 17.3. The van der Waals surface area contributed by atoms with Crippen LogP contribution < -0.4 is 4.74 Å². The Morgan fingerprint density at radius 3 is 2.86 bits per heavy atom. The fraction of sp³-hybridized carbons (Fsp3) is 0.591. The molecule has 7 heteroatoms. The fourth-order valence-corrected chi connectivity index (χ4v) is 4.30. The van der Waals surface area contributed by atoms with Gasteiger partial charge in [-0.3, -0.25) is 4.79 Å². The summed E-state index contributed by atoms with van der Waals surface area (Å²) in [7, 11) is 3.82. The highest BCUT2D eigenvalue weighted by Gasteiger charge is 2.30. The molecule has 0 aliphatic carbocycles. The first-order valence-corrected chi connectivity index (χ1v) is 10.5. The van der Waals surface area contributed by atoms with E-state index in [1.807, 2.05) is 29.2 Å². The number of ether oxygens (including phenoxy) is 1. The third kappa shape index (κ3) is 4.96. The number of methoxy groups -OCH3 is 1. The number of hydrogen-bond donors (Lipinski definition) is 0. The van der Waals surface area contributed by atoms with Crippen molar-refractivity contribution in [3.05, 3.63) is 41.5 Å². The van der Waals surface area contributed by atoms with Crippen molar-refractivity contribution in [3.63, 3.8) is 0 Å². The summed E-state index contributed by atoms with van der Waals surface area (Å²) in [6.07, 6.45) is 4.54. The zero-order chi connectivity index (χ0) is 20.2. The zero-order valence-corrected chi connectivity index (χ0v) is 17.3. The van der Waals surface area contributed by atoms with Crippen LogP contribution in [-0.2, 0) is 17.8 Å². The van der Waals surface area contributed by atoms with Gasteiger partial charge in [0.25, 0.3) is 0 Å². The number of rotatable bonds is 6. The number of piperidine rings is 2. The molecule has 2 aromatic rings. The maximum atomic E-state index is 12.4. The first-order chi connectivity index (χ1) is 14.1. The summed E-state index contributed by atoms with van der Waals surface area (Å²) in [5, 5.41) is 4.24. The maximum Gasteiger partial charge on any atom is 0.231 e. The first-order valence-electron chi connectivity index (χ1n) is 10.5. The largest absolute Gasteiger partial charge is 0.497 e. The number of nitrogens with zero attached hydrogens (tertiary/aromatic N) is 4. The first kappa shape index (κ1) is 19.9. The van der Waals surface area contributed by atoms with Gasteiger partial charge in [-0.25, -0.2) is 0 Å². The predicted octanol–water partition coefficient (Wildman–Crippen LogP) is 2.87. The van der Waals surface area contributed by atoms with Crippen molar-refractivity contribution in [2.24, 2.45) is 5.92 Å². The Morgan fingerprint density at radius 1 is 1.24 bits per heavy atom. The molecule has 2 fully saturated rings. The molecule has 0 radical (unpaired) electrons. The molecular formula is C22H30N4O3. The van der Waals surface area contributed by atoms with Crippen molar-refractivity contribution in [1.29, 1.82) is 0 Å². The van der Waals surface area contributed by atoms with E-state index in [1.165, 1.54) is 12.8 Å². The quantitative estimate of drug-likeness (QED) is 0.745. The second-order valence-electron chi connectivity index (χ2n) is 8.36. The van der Waals surface area contributed by atoms with Gasteiger partial charge in [0.05, 0.1) is 13.0 Å². The summed E-state index contributed by atoms with van der Waals surface area (Å²) < 4.78 is 10.9. The van der Waals surface area contributed by atoms with Crippen molar-refractivity contribution in [2.45, 2.75) is 44.6 Å². The standard InChI is InChI=1S/C22H30N4O3/c1-25-10-8-16(9-11-25)13-20-23-22(29-24-20)18-6-7-21(27)26(15-18)14-17-4-3-5-19(12-17)28-2/h3-5,12,16,18H,6-11,13-15H2,1-2H3. The van der Waals surface area contributed by atoms with Gasteiger partial charge in [0.2, 0.25) is 11.8 Å². The number of benzene rings is 1. The topological polar surface area (TPSA) is 71.7 Å². The van der Waals surface area contributed by atoms with Crippen molar-refractivity contribution in [1.82, 2.24) is 19.9 Å². The third-order valence-corrected chi connectivity index (χ3v) is 6.15. The van der Waals surface area contributed by atoms with Gasteiger partial charge in [-0.2, -0.15) is 4.98 Å². The fourth-order valence-electron chi connectivity index (χ4n) is 4.30. The van der Waals surface area contributed by atoms with Crippen molar-refractivity contribution >= 4 is 5.91 Å². The second kappa shape index (κ2) is 8.95. The molecule has 0 spiro atoms. The maximum absolute atomic E-state index is 12.4. The second-order valence-corrected chi connectivity index (χ2v) is 8.36. The lowest BCUT2D eigenvalue weighted by Crippen LogP contribution is -2.38. The number of aromatic nitrogens is 2. The molecule has 2 saturated heterocycles. The third-order valence-electron chi connectivity index (χ3n) is 6.15. The van der Waals surface area contributed by atoms with E-state index < -0.39 is 0 Å². The van der Waals surface area contributed by atoms with Gasteiger partial charge in [-0.1, -0.05) is 17.3 Å². The lowest BCUT2D eigenvalue weighted by atomic mass is 9.93. The summed E-state index contributed by atoms with van der Waals surface area (Å²) >= 11 is 0.